The molecule has 4 heteroatoms. The maximum Gasteiger partial charge on any atom is 0.227 e. The molecule has 1 atom stereocenters. The lowest BCUT2D eigenvalue weighted by molar-refractivity contribution is -0.122. The Labute approximate surface area is 148 Å². The number of benzene rings is 2. The largest absolute Gasteiger partial charge is 0.356 e. The molecule has 3 aromatic rings. The highest BCUT2D eigenvalue weighted by Crippen LogP contribution is 2.19. The first-order valence-electron chi connectivity index (χ1n) is 8.95. The van der Waals surface area contributed by atoms with E-state index in [1.54, 1.807) is 0 Å². The number of nitrogens with zero attached hydrogens (tertiary/aromatic N) is 2. The molecule has 0 spiro atoms. The summed E-state index contributed by atoms with van der Waals surface area (Å²) in [5.74, 6) is 1.06. The molecule has 0 saturated heterocycles. The number of imidazole rings is 1. The van der Waals surface area contributed by atoms with Gasteiger partial charge in [-0.05, 0) is 37.5 Å². The molecule has 0 bridgehead atoms. The number of fused-ring (bicyclic) bond motifs is 1. The van der Waals surface area contributed by atoms with Gasteiger partial charge in [-0.25, -0.2) is 4.98 Å². The molecular formula is C21H25N3O. The number of hydrogen-bond donors (Lipinski definition) is 1. The van der Waals surface area contributed by atoms with Crippen molar-refractivity contribution >= 4 is 16.9 Å². The Morgan fingerprint density at radius 1 is 1.12 bits per heavy atom. The van der Waals surface area contributed by atoms with Crippen LogP contribution in [-0.4, -0.2) is 22.0 Å². The number of nitrogens with one attached hydrogen (secondary N) is 1. The van der Waals surface area contributed by atoms with Crippen molar-refractivity contribution in [2.24, 2.45) is 0 Å². The number of para-hydroxylation sites is 2. The third-order valence-electron chi connectivity index (χ3n) is 4.63. The molecule has 130 valence electrons. The van der Waals surface area contributed by atoms with Crippen molar-refractivity contribution in [3.8, 4) is 0 Å². The minimum absolute atomic E-state index is 0.0722. The molecule has 0 aliphatic rings. The Kier molecular flexibility index (Phi) is 5.49. The maximum atomic E-state index is 12.5. The molecule has 1 aromatic heterocycles. The smallest absolute Gasteiger partial charge is 0.227 e. The number of aryl methyl sites for hydroxylation is 2. The molecule has 0 aliphatic carbocycles. The van der Waals surface area contributed by atoms with Gasteiger partial charge in [0.1, 0.15) is 5.82 Å². The molecule has 1 N–H and O–H groups in total. The zero-order chi connectivity index (χ0) is 17.6. The Balaban J connectivity index is 1.55. The standard InChI is InChI=1S/C21H25N3O/c1-3-18(17-10-5-4-6-11-17)21(25)22-14-9-15-24-16(2)23-19-12-7-8-13-20(19)24/h4-8,10-13,18H,3,9,14-15H2,1-2H3,(H,22,25). The lowest BCUT2D eigenvalue weighted by Crippen LogP contribution is -2.30. The molecule has 1 heterocycles. The van der Waals surface area contributed by atoms with E-state index in [1.807, 2.05) is 55.5 Å². The van der Waals surface area contributed by atoms with Gasteiger partial charge < -0.3 is 9.88 Å². The van der Waals surface area contributed by atoms with Gasteiger partial charge in [-0.1, -0.05) is 49.4 Å². The Bertz CT molecular complexity index is 839. The monoisotopic (exact) mass is 335 g/mol. The summed E-state index contributed by atoms with van der Waals surface area (Å²) in [4.78, 5) is 17.1. The van der Waals surface area contributed by atoms with Crippen molar-refractivity contribution in [3.05, 3.63) is 66.0 Å². The fraction of sp³-hybridized carbons (Fsp3) is 0.333. The molecule has 2 aromatic carbocycles. The van der Waals surface area contributed by atoms with Crippen LogP contribution in [0.2, 0.25) is 0 Å². The van der Waals surface area contributed by atoms with E-state index in [1.165, 1.54) is 0 Å². The highest BCUT2D eigenvalue weighted by molar-refractivity contribution is 5.83. The van der Waals surface area contributed by atoms with Gasteiger partial charge in [0.2, 0.25) is 5.91 Å². The highest BCUT2D eigenvalue weighted by Gasteiger charge is 2.17. The molecule has 1 amide bonds. The summed E-state index contributed by atoms with van der Waals surface area (Å²) in [5, 5.41) is 3.09. The summed E-state index contributed by atoms with van der Waals surface area (Å²) >= 11 is 0. The van der Waals surface area contributed by atoms with Gasteiger partial charge in [0, 0.05) is 13.1 Å². The third-order valence-corrected chi connectivity index (χ3v) is 4.63. The number of hydrogen-bond acceptors (Lipinski definition) is 2. The summed E-state index contributed by atoms with van der Waals surface area (Å²) in [5.41, 5.74) is 3.26. The summed E-state index contributed by atoms with van der Waals surface area (Å²) in [6, 6.07) is 18.2. The first-order valence-corrected chi connectivity index (χ1v) is 8.95. The molecule has 0 fully saturated rings. The molecule has 0 saturated carbocycles. The lowest BCUT2D eigenvalue weighted by Gasteiger charge is -2.15. The zero-order valence-corrected chi connectivity index (χ0v) is 14.9. The van der Waals surface area contributed by atoms with Gasteiger partial charge in [0.25, 0.3) is 0 Å². The van der Waals surface area contributed by atoms with Gasteiger partial charge in [-0.3, -0.25) is 4.79 Å². The van der Waals surface area contributed by atoms with E-state index >= 15 is 0 Å². The van der Waals surface area contributed by atoms with Crippen molar-refractivity contribution in [2.75, 3.05) is 6.54 Å². The molecule has 4 nitrogen and oxygen atoms in total. The molecule has 0 radical (unpaired) electrons. The number of carbonyl (C=O) groups is 1. The summed E-state index contributed by atoms with van der Waals surface area (Å²) in [6.45, 7) is 5.61. The first-order chi connectivity index (χ1) is 12.2. The SMILES string of the molecule is CCC(C(=O)NCCCn1c(C)nc2ccccc21)c1ccccc1. The highest BCUT2D eigenvalue weighted by atomic mass is 16.1. The molecule has 25 heavy (non-hydrogen) atoms. The number of rotatable bonds is 7. The van der Waals surface area contributed by atoms with Crippen molar-refractivity contribution in [1.29, 1.82) is 0 Å². The van der Waals surface area contributed by atoms with Crippen molar-refractivity contribution in [1.82, 2.24) is 14.9 Å². The third kappa shape index (κ3) is 3.90. The van der Waals surface area contributed by atoms with E-state index in [4.69, 9.17) is 0 Å². The predicted octanol–water partition coefficient (Wildman–Crippen LogP) is 4.04. The van der Waals surface area contributed by atoms with Crippen LogP contribution in [0.4, 0.5) is 0 Å². The van der Waals surface area contributed by atoms with E-state index in [-0.39, 0.29) is 11.8 Å². The van der Waals surface area contributed by atoms with Gasteiger partial charge >= 0.3 is 0 Å². The summed E-state index contributed by atoms with van der Waals surface area (Å²) in [7, 11) is 0. The quantitative estimate of drug-likeness (QED) is 0.662. The van der Waals surface area contributed by atoms with Gasteiger partial charge in [0.15, 0.2) is 0 Å². The van der Waals surface area contributed by atoms with E-state index < -0.39 is 0 Å². The van der Waals surface area contributed by atoms with Crippen molar-refractivity contribution < 1.29 is 4.79 Å². The zero-order valence-electron chi connectivity index (χ0n) is 14.9. The second-order valence-electron chi connectivity index (χ2n) is 6.32. The lowest BCUT2D eigenvalue weighted by atomic mass is 9.96. The summed E-state index contributed by atoms with van der Waals surface area (Å²) in [6.07, 6.45) is 1.69. The van der Waals surface area contributed by atoms with E-state index in [2.05, 4.69) is 27.9 Å². The minimum Gasteiger partial charge on any atom is -0.356 e. The topological polar surface area (TPSA) is 46.9 Å². The second-order valence-corrected chi connectivity index (χ2v) is 6.32. The molecule has 3 rings (SSSR count). The van der Waals surface area contributed by atoms with Crippen molar-refractivity contribution in [3.63, 3.8) is 0 Å². The van der Waals surface area contributed by atoms with Crippen LogP contribution in [0, 0.1) is 6.92 Å². The van der Waals surface area contributed by atoms with Crippen LogP contribution >= 0.6 is 0 Å². The van der Waals surface area contributed by atoms with E-state index in [9.17, 15) is 4.79 Å². The average molecular weight is 335 g/mol. The molecule has 1 unspecified atom stereocenters. The normalized spacial score (nSPS) is 12.2. The average Bonchev–Trinajstić information content (AvgIpc) is 2.95. The Hall–Kier alpha value is -2.62. The van der Waals surface area contributed by atoms with Crippen LogP contribution in [0.5, 0.6) is 0 Å². The van der Waals surface area contributed by atoms with Crippen LogP contribution in [-0.2, 0) is 11.3 Å². The van der Waals surface area contributed by atoms with Crippen LogP contribution in [0.3, 0.4) is 0 Å². The Morgan fingerprint density at radius 3 is 2.60 bits per heavy atom. The number of carbonyl (C=O) groups excluding carboxylic acids is 1. The predicted molar refractivity (Wildman–Crippen MR) is 102 cm³/mol. The first kappa shape index (κ1) is 17.2. The molecule has 0 aliphatic heterocycles. The van der Waals surface area contributed by atoms with Gasteiger partial charge in [-0.2, -0.15) is 0 Å². The summed E-state index contributed by atoms with van der Waals surface area (Å²) < 4.78 is 2.22. The second kappa shape index (κ2) is 7.97. The minimum atomic E-state index is -0.0722. The Morgan fingerprint density at radius 2 is 1.84 bits per heavy atom. The fourth-order valence-corrected chi connectivity index (χ4v) is 3.31. The van der Waals surface area contributed by atoms with Gasteiger partial charge in [0.05, 0.1) is 17.0 Å². The number of aromatic nitrogens is 2. The van der Waals surface area contributed by atoms with Crippen LogP contribution in [0.25, 0.3) is 11.0 Å². The van der Waals surface area contributed by atoms with E-state index in [0.29, 0.717) is 6.54 Å². The maximum absolute atomic E-state index is 12.5. The van der Waals surface area contributed by atoms with Crippen LogP contribution < -0.4 is 5.32 Å². The van der Waals surface area contributed by atoms with Crippen LogP contribution in [0.1, 0.15) is 37.1 Å². The van der Waals surface area contributed by atoms with E-state index in [0.717, 1.165) is 41.8 Å². The van der Waals surface area contributed by atoms with Gasteiger partial charge in [-0.15, -0.1) is 0 Å². The fourth-order valence-electron chi connectivity index (χ4n) is 3.31. The van der Waals surface area contributed by atoms with Crippen molar-refractivity contribution in [2.45, 2.75) is 39.2 Å². The number of amides is 1. The molecular weight excluding hydrogens is 310 g/mol. The van der Waals surface area contributed by atoms with Crippen LogP contribution in [0.15, 0.2) is 54.6 Å².